The second-order valence-electron chi connectivity index (χ2n) is 5.84. The number of hydrogen-bond donors (Lipinski definition) is 3. The Labute approximate surface area is 155 Å². The van der Waals surface area contributed by atoms with E-state index in [1.807, 2.05) is 12.1 Å². The Balaban J connectivity index is 1.83. The third-order valence-corrected chi connectivity index (χ3v) is 5.38. The minimum absolute atomic E-state index is 0.280. The zero-order valence-electron chi connectivity index (χ0n) is 14.4. The van der Waals surface area contributed by atoms with E-state index in [4.69, 9.17) is 14.2 Å². The molecule has 2 heterocycles. The summed E-state index contributed by atoms with van der Waals surface area (Å²) in [5.41, 5.74) is 0.902. The van der Waals surface area contributed by atoms with Gasteiger partial charge in [0.25, 0.3) is 0 Å². The first-order valence-electron chi connectivity index (χ1n) is 8.03. The minimum atomic E-state index is -1.24. The summed E-state index contributed by atoms with van der Waals surface area (Å²) in [6.07, 6.45) is -0.186. The Morgan fingerprint density at radius 3 is 2.54 bits per heavy atom. The average Bonchev–Trinajstić information content (AvgIpc) is 2.68. The van der Waals surface area contributed by atoms with E-state index in [1.165, 1.54) is 18.0 Å². The Hall–Kier alpha value is -2.00. The molecule has 0 saturated carbocycles. The van der Waals surface area contributed by atoms with E-state index in [2.05, 4.69) is 4.98 Å². The van der Waals surface area contributed by atoms with Gasteiger partial charge in [0.1, 0.15) is 29.5 Å². The number of aromatic nitrogens is 1. The van der Waals surface area contributed by atoms with Gasteiger partial charge >= 0.3 is 0 Å². The summed E-state index contributed by atoms with van der Waals surface area (Å²) in [6.45, 7) is 0. The number of hydrogen-bond acceptors (Lipinski definition) is 8. The number of rotatable bonds is 5. The molecule has 8 heteroatoms. The van der Waals surface area contributed by atoms with Gasteiger partial charge in [0.15, 0.2) is 5.44 Å². The molecule has 0 bridgehead atoms. The van der Waals surface area contributed by atoms with Crippen molar-refractivity contribution in [1.29, 1.82) is 0 Å². The van der Waals surface area contributed by atoms with Gasteiger partial charge in [-0.25, -0.2) is 0 Å². The Bertz CT molecular complexity index is 758. The monoisotopic (exact) mass is 379 g/mol. The third-order valence-electron chi connectivity index (χ3n) is 4.14. The molecule has 2 aromatic rings. The van der Waals surface area contributed by atoms with Gasteiger partial charge < -0.3 is 29.5 Å². The number of aliphatic hydroxyl groups is 3. The quantitative estimate of drug-likeness (QED) is 0.715. The molecule has 0 spiro atoms. The van der Waals surface area contributed by atoms with Crippen LogP contribution in [0.1, 0.15) is 0 Å². The van der Waals surface area contributed by atoms with E-state index in [0.29, 0.717) is 17.2 Å². The minimum Gasteiger partial charge on any atom is -0.497 e. The summed E-state index contributed by atoms with van der Waals surface area (Å²) in [7, 11) is 3.16. The van der Waals surface area contributed by atoms with Crippen molar-refractivity contribution >= 4 is 11.8 Å². The zero-order valence-corrected chi connectivity index (χ0v) is 15.2. The summed E-state index contributed by atoms with van der Waals surface area (Å²) >= 11 is 1.24. The van der Waals surface area contributed by atoms with E-state index in [1.54, 1.807) is 32.5 Å². The second-order valence-corrected chi connectivity index (χ2v) is 6.97. The molecular weight excluding hydrogens is 358 g/mol. The van der Waals surface area contributed by atoms with Crippen LogP contribution >= 0.6 is 11.8 Å². The lowest BCUT2D eigenvalue weighted by Crippen LogP contribution is -2.50. The number of ether oxygens (including phenoxy) is 3. The molecule has 3 N–H and O–H groups in total. The maximum absolute atomic E-state index is 10.1. The number of nitrogens with zero attached hydrogens (tertiary/aromatic N) is 1. The average molecular weight is 379 g/mol. The van der Waals surface area contributed by atoms with E-state index in [0.717, 1.165) is 11.1 Å². The first-order chi connectivity index (χ1) is 12.5. The highest BCUT2D eigenvalue weighted by molar-refractivity contribution is 7.99. The van der Waals surface area contributed by atoms with Gasteiger partial charge in [-0.05, 0) is 18.2 Å². The molecular formula is C18H21NO6S. The lowest BCUT2D eigenvalue weighted by Gasteiger charge is -2.34. The van der Waals surface area contributed by atoms with E-state index in [-0.39, 0.29) is 5.75 Å². The smallest absolute Gasteiger partial charge is 0.173 e. The van der Waals surface area contributed by atoms with Gasteiger partial charge in [0, 0.05) is 29.1 Å². The molecule has 0 aliphatic carbocycles. The molecule has 1 aliphatic rings. The van der Waals surface area contributed by atoms with Crippen molar-refractivity contribution in [3.05, 3.63) is 36.7 Å². The highest BCUT2D eigenvalue weighted by Crippen LogP contribution is 2.35. The number of pyridine rings is 1. The van der Waals surface area contributed by atoms with Crippen LogP contribution < -0.4 is 14.2 Å². The van der Waals surface area contributed by atoms with Gasteiger partial charge in [-0.3, -0.25) is 4.98 Å². The maximum atomic E-state index is 10.1. The van der Waals surface area contributed by atoms with Gasteiger partial charge in [-0.2, -0.15) is 0 Å². The molecule has 1 aromatic heterocycles. The van der Waals surface area contributed by atoms with Gasteiger partial charge in [0.05, 0.1) is 26.5 Å². The van der Waals surface area contributed by atoms with Crippen LogP contribution in [-0.4, -0.2) is 64.0 Å². The predicted molar refractivity (Wildman–Crippen MR) is 97.7 cm³/mol. The van der Waals surface area contributed by atoms with Crippen molar-refractivity contribution in [2.24, 2.45) is 0 Å². The summed E-state index contributed by atoms with van der Waals surface area (Å²) < 4.78 is 16.4. The molecule has 0 radical (unpaired) electrons. The molecule has 0 amide bonds. The first-order valence-corrected chi connectivity index (χ1v) is 9.08. The zero-order chi connectivity index (χ0) is 18.7. The van der Waals surface area contributed by atoms with Crippen molar-refractivity contribution in [1.82, 2.24) is 4.98 Å². The van der Waals surface area contributed by atoms with E-state index >= 15 is 0 Å². The predicted octanol–water partition coefficient (Wildman–Crippen LogP) is 1.30. The molecule has 7 nitrogen and oxygen atoms in total. The highest BCUT2D eigenvalue weighted by atomic mass is 32.2. The van der Waals surface area contributed by atoms with Crippen molar-refractivity contribution < 1.29 is 29.5 Å². The van der Waals surface area contributed by atoms with E-state index < -0.39 is 23.7 Å². The lowest BCUT2D eigenvalue weighted by molar-refractivity contribution is -0.0786. The fourth-order valence-corrected chi connectivity index (χ4v) is 3.81. The molecule has 26 heavy (non-hydrogen) atoms. The van der Waals surface area contributed by atoms with Gasteiger partial charge in [0.2, 0.25) is 0 Å². The Kier molecular flexibility index (Phi) is 5.87. The highest BCUT2D eigenvalue weighted by Gasteiger charge is 2.38. The van der Waals surface area contributed by atoms with Gasteiger partial charge in [-0.15, -0.1) is 11.8 Å². The summed E-state index contributed by atoms with van der Waals surface area (Å²) in [6, 6.07) is 7.25. The maximum Gasteiger partial charge on any atom is 0.173 e. The largest absolute Gasteiger partial charge is 0.497 e. The second kappa shape index (κ2) is 8.13. The molecule has 4 atom stereocenters. The molecule has 3 rings (SSSR count). The molecule has 1 fully saturated rings. The van der Waals surface area contributed by atoms with E-state index in [9.17, 15) is 15.3 Å². The van der Waals surface area contributed by atoms with Crippen LogP contribution in [0.25, 0.3) is 11.1 Å². The van der Waals surface area contributed by atoms with Crippen molar-refractivity contribution in [2.75, 3.05) is 20.0 Å². The summed E-state index contributed by atoms with van der Waals surface area (Å²) in [5, 5.41) is 29.5. The normalized spacial score (nSPS) is 25.6. The van der Waals surface area contributed by atoms with Crippen LogP contribution in [0, 0.1) is 0 Å². The number of methoxy groups -OCH3 is 2. The molecule has 1 aromatic carbocycles. The van der Waals surface area contributed by atoms with Crippen LogP contribution in [0.2, 0.25) is 0 Å². The van der Waals surface area contributed by atoms with Crippen molar-refractivity contribution in [2.45, 2.75) is 23.7 Å². The fourth-order valence-electron chi connectivity index (χ4n) is 2.68. The Morgan fingerprint density at radius 1 is 1.00 bits per heavy atom. The Morgan fingerprint density at radius 2 is 1.81 bits per heavy atom. The topological polar surface area (TPSA) is 101 Å². The number of benzene rings is 1. The SMILES string of the molecule is COc1ccc(-c2cncc(O[C@@H]3SC[C@@H](O)[C@H](O)[C@H]3O)c2)c(OC)c1. The van der Waals surface area contributed by atoms with Crippen LogP contribution in [0.4, 0.5) is 0 Å². The van der Waals surface area contributed by atoms with Crippen LogP contribution in [0.5, 0.6) is 17.2 Å². The molecule has 0 unspecified atom stereocenters. The summed E-state index contributed by atoms with van der Waals surface area (Å²) in [5.74, 6) is 2.04. The van der Waals surface area contributed by atoms with Crippen LogP contribution in [-0.2, 0) is 0 Å². The molecule has 140 valence electrons. The fraction of sp³-hybridized carbons (Fsp3) is 0.389. The van der Waals surface area contributed by atoms with Crippen LogP contribution in [0.15, 0.2) is 36.7 Å². The third kappa shape index (κ3) is 3.88. The standard InChI is InChI=1S/C18H21NO6S/c1-23-11-3-4-13(15(6-11)24-2)10-5-12(8-19-7-10)25-18-17(22)16(21)14(20)9-26-18/h3-8,14,16-18,20-22H,9H2,1-2H3/t14-,16+,17-,18-/m1/s1. The summed E-state index contributed by atoms with van der Waals surface area (Å²) in [4.78, 5) is 4.19. The molecule has 1 saturated heterocycles. The number of aliphatic hydroxyl groups excluding tert-OH is 3. The number of thioether (sulfide) groups is 1. The van der Waals surface area contributed by atoms with Crippen molar-refractivity contribution in [3.8, 4) is 28.4 Å². The van der Waals surface area contributed by atoms with Gasteiger partial charge in [-0.1, -0.05) is 0 Å². The van der Waals surface area contributed by atoms with Crippen LogP contribution in [0.3, 0.4) is 0 Å². The lowest BCUT2D eigenvalue weighted by atomic mass is 10.1. The molecule has 1 aliphatic heterocycles. The van der Waals surface area contributed by atoms with Crippen molar-refractivity contribution in [3.63, 3.8) is 0 Å². The first kappa shape index (κ1) is 18.8.